The Morgan fingerprint density at radius 1 is 1.30 bits per heavy atom. The Bertz CT molecular complexity index is 958. The third kappa shape index (κ3) is 4.94. The lowest BCUT2D eigenvalue weighted by Gasteiger charge is -2.20. The van der Waals surface area contributed by atoms with Crippen molar-refractivity contribution in [3.8, 4) is 5.75 Å². The zero-order valence-electron chi connectivity index (χ0n) is 14.4. The molecule has 0 heterocycles. The fourth-order valence-electron chi connectivity index (χ4n) is 2.19. The van der Waals surface area contributed by atoms with Crippen molar-refractivity contribution in [2.24, 2.45) is 0 Å². The van der Waals surface area contributed by atoms with Gasteiger partial charge in [0, 0.05) is 6.54 Å². The molecule has 2 aromatic carbocycles. The van der Waals surface area contributed by atoms with Crippen LogP contribution in [0.3, 0.4) is 0 Å². The Hall–Kier alpha value is -2.69. The van der Waals surface area contributed by atoms with Crippen molar-refractivity contribution < 1.29 is 26.7 Å². The second kappa shape index (κ2) is 8.80. The fourth-order valence-corrected chi connectivity index (χ4v) is 4.56. The number of nitrogens with zero attached hydrogens (tertiary/aromatic N) is 1. The topological polar surface area (TPSA) is 113 Å². The van der Waals surface area contributed by atoms with Crippen molar-refractivity contribution in [2.75, 3.05) is 10.8 Å². The van der Waals surface area contributed by atoms with Gasteiger partial charge in [-0.3, -0.25) is 9.35 Å². The Balaban J connectivity index is 2.39. The molecule has 1 amide bonds. The summed E-state index contributed by atoms with van der Waals surface area (Å²) >= 11 is -2.83. The molecule has 0 aliphatic heterocycles. The summed E-state index contributed by atoms with van der Waals surface area (Å²) in [4.78, 5) is 11.1. The number of carbonyl (C=O) groups excluding carboxylic acids is 1. The maximum atomic E-state index is 12.9. The van der Waals surface area contributed by atoms with Gasteiger partial charge < -0.3 is 10.1 Å². The quantitative estimate of drug-likeness (QED) is 0.507. The van der Waals surface area contributed by atoms with Gasteiger partial charge in [0.05, 0.1) is 17.7 Å². The summed E-state index contributed by atoms with van der Waals surface area (Å²) in [5.74, 6) is 0.0689. The van der Waals surface area contributed by atoms with Gasteiger partial charge in [-0.05, 0) is 48.0 Å². The number of ether oxygens (including phenoxy) is 1. The van der Waals surface area contributed by atoms with Crippen LogP contribution in [0.4, 0.5) is 5.69 Å². The first-order chi connectivity index (χ1) is 12.8. The van der Waals surface area contributed by atoms with E-state index in [9.17, 15) is 22.0 Å². The van der Waals surface area contributed by atoms with Crippen molar-refractivity contribution in [3.05, 3.63) is 66.7 Å². The average Bonchev–Trinajstić information content (AvgIpc) is 2.66. The molecular weight excluding hydrogens is 392 g/mol. The van der Waals surface area contributed by atoms with Crippen LogP contribution < -0.4 is 13.8 Å². The maximum Gasteiger partial charge on any atom is 0.277 e. The molecule has 10 heteroatoms. The Kier molecular flexibility index (Phi) is 6.72. The van der Waals surface area contributed by atoms with Gasteiger partial charge >= 0.3 is 0 Å². The smallest absolute Gasteiger partial charge is 0.277 e. The Morgan fingerprint density at radius 2 is 1.96 bits per heavy atom. The second-order valence-corrected chi connectivity index (χ2v) is 8.07. The van der Waals surface area contributed by atoms with Gasteiger partial charge in [0.25, 0.3) is 21.3 Å². The molecule has 144 valence electrons. The lowest BCUT2D eigenvalue weighted by molar-refractivity contribution is -0.116. The third-order valence-corrected chi connectivity index (χ3v) is 6.45. The molecule has 0 aromatic heterocycles. The first-order valence-electron chi connectivity index (χ1n) is 7.59. The van der Waals surface area contributed by atoms with Crippen LogP contribution in [0.25, 0.3) is 0 Å². The summed E-state index contributed by atoms with van der Waals surface area (Å²) in [6.45, 7) is 3.42. The standard InChI is InChI=1S/C17H18N2O6S2/c1-3-17(20)18-12-13-5-4-6-16(11-13)27(23,24)19(26(21)22)14-7-9-15(25-2)10-8-14/h3-11H,1,12H2,2H3,(H,18,20)(H,21,22). The van der Waals surface area contributed by atoms with Crippen LogP contribution in [0.1, 0.15) is 5.56 Å². The molecule has 0 fully saturated rings. The molecule has 27 heavy (non-hydrogen) atoms. The van der Waals surface area contributed by atoms with E-state index in [4.69, 9.17) is 4.74 Å². The van der Waals surface area contributed by atoms with Gasteiger partial charge in [0.1, 0.15) is 5.75 Å². The molecule has 2 N–H and O–H groups in total. The van der Waals surface area contributed by atoms with E-state index >= 15 is 0 Å². The van der Waals surface area contributed by atoms with Gasteiger partial charge in [-0.15, -0.1) is 0 Å². The highest BCUT2D eigenvalue weighted by Gasteiger charge is 2.30. The monoisotopic (exact) mass is 410 g/mol. The van der Waals surface area contributed by atoms with Crippen LogP contribution in [-0.4, -0.2) is 30.2 Å². The number of carbonyl (C=O) groups is 1. The summed E-state index contributed by atoms with van der Waals surface area (Å²) in [6.07, 6.45) is 1.10. The summed E-state index contributed by atoms with van der Waals surface area (Å²) in [6, 6.07) is 11.4. The number of hydrogen-bond donors (Lipinski definition) is 2. The predicted octanol–water partition coefficient (Wildman–Crippen LogP) is 1.83. The number of nitrogens with one attached hydrogen (secondary N) is 1. The number of anilines is 1. The van der Waals surface area contributed by atoms with E-state index in [-0.39, 0.29) is 17.1 Å². The molecule has 8 nitrogen and oxygen atoms in total. The van der Waals surface area contributed by atoms with E-state index in [0.717, 1.165) is 6.08 Å². The highest BCUT2D eigenvalue weighted by atomic mass is 32.3. The third-order valence-electron chi connectivity index (χ3n) is 3.49. The van der Waals surface area contributed by atoms with E-state index in [1.54, 1.807) is 6.07 Å². The van der Waals surface area contributed by atoms with Gasteiger partial charge in [0.15, 0.2) is 0 Å². The van der Waals surface area contributed by atoms with Crippen LogP contribution in [-0.2, 0) is 32.6 Å². The van der Waals surface area contributed by atoms with E-state index in [1.165, 1.54) is 49.6 Å². The Morgan fingerprint density at radius 3 is 2.52 bits per heavy atom. The first kappa shape index (κ1) is 20.6. The molecule has 0 spiro atoms. The number of methoxy groups -OCH3 is 1. The molecule has 0 bridgehead atoms. The minimum atomic E-state index is -4.33. The molecule has 0 saturated heterocycles. The van der Waals surface area contributed by atoms with Crippen molar-refractivity contribution >= 4 is 32.9 Å². The van der Waals surface area contributed by atoms with Crippen LogP contribution in [0, 0.1) is 0 Å². The summed E-state index contributed by atoms with van der Waals surface area (Å²) in [5, 5.41) is 2.53. The molecule has 2 aromatic rings. The average molecular weight is 410 g/mol. The lowest BCUT2D eigenvalue weighted by atomic mass is 10.2. The van der Waals surface area contributed by atoms with Crippen molar-refractivity contribution in [1.82, 2.24) is 5.32 Å². The number of benzene rings is 2. The van der Waals surface area contributed by atoms with E-state index in [1.807, 2.05) is 0 Å². The lowest BCUT2D eigenvalue weighted by Crippen LogP contribution is -2.32. The SMILES string of the molecule is C=CC(=O)NCc1cccc(S(=O)(=O)N(c2ccc(OC)cc2)S(=O)O)c1. The molecule has 1 unspecified atom stereocenters. The predicted molar refractivity (Wildman–Crippen MR) is 102 cm³/mol. The fraction of sp³-hybridized carbons (Fsp3) is 0.118. The van der Waals surface area contributed by atoms with Gasteiger partial charge in [-0.25, -0.2) is 12.6 Å². The van der Waals surface area contributed by atoms with Crippen LogP contribution >= 0.6 is 0 Å². The summed E-state index contributed by atoms with van der Waals surface area (Å²) < 4.78 is 52.6. The molecule has 0 radical (unpaired) electrons. The molecule has 1 atom stereocenters. The first-order valence-corrected chi connectivity index (χ1v) is 10.1. The van der Waals surface area contributed by atoms with E-state index in [2.05, 4.69) is 11.9 Å². The number of sulfonamides is 1. The van der Waals surface area contributed by atoms with Gasteiger partial charge in [-0.1, -0.05) is 18.7 Å². The highest BCUT2D eigenvalue weighted by molar-refractivity contribution is 8.05. The highest BCUT2D eigenvalue weighted by Crippen LogP contribution is 2.27. The maximum absolute atomic E-state index is 12.9. The number of hydrogen-bond acceptors (Lipinski definition) is 5. The van der Waals surface area contributed by atoms with Crippen LogP contribution in [0.2, 0.25) is 0 Å². The van der Waals surface area contributed by atoms with Crippen molar-refractivity contribution in [1.29, 1.82) is 0 Å². The van der Waals surface area contributed by atoms with Crippen LogP contribution in [0.5, 0.6) is 5.75 Å². The van der Waals surface area contributed by atoms with Gasteiger partial charge in [0.2, 0.25) is 5.91 Å². The largest absolute Gasteiger partial charge is 0.497 e. The van der Waals surface area contributed by atoms with E-state index < -0.39 is 27.2 Å². The number of rotatable bonds is 8. The van der Waals surface area contributed by atoms with Gasteiger partial charge in [-0.2, -0.15) is 3.71 Å². The molecule has 0 saturated carbocycles. The molecule has 0 aliphatic rings. The summed E-state index contributed by atoms with van der Waals surface area (Å²) in [5.41, 5.74) is 0.506. The minimum absolute atomic E-state index is 0.00185. The zero-order chi connectivity index (χ0) is 20.0. The molecule has 0 aliphatic carbocycles. The zero-order valence-corrected chi connectivity index (χ0v) is 16.0. The normalized spacial score (nSPS) is 12.1. The number of amides is 1. The van der Waals surface area contributed by atoms with Crippen molar-refractivity contribution in [2.45, 2.75) is 11.4 Å². The molecular formula is C17H18N2O6S2. The van der Waals surface area contributed by atoms with E-state index in [0.29, 0.717) is 15.0 Å². The molecule has 2 rings (SSSR count). The second-order valence-electron chi connectivity index (χ2n) is 5.23. The van der Waals surface area contributed by atoms with Crippen molar-refractivity contribution in [3.63, 3.8) is 0 Å². The summed E-state index contributed by atoms with van der Waals surface area (Å²) in [7, 11) is -2.88. The van der Waals surface area contributed by atoms with Crippen LogP contribution in [0.15, 0.2) is 66.1 Å². The minimum Gasteiger partial charge on any atom is -0.497 e. The Labute approximate surface area is 159 Å².